The molecule has 1 N–H and O–H groups in total. The smallest absolute Gasteiger partial charge is 0.0801 e. The molecule has 2 nitrogen and oxygen atoms in total. The van der Waals surface area contributed by atoms with E-state index >= 15 is 0 Å². The molecule has 0 atom stereocenters. The standard InChI is InChI=1S/C13H15NOS/c1-10-13(16-9-14-10)12-6-4-11(5-7-12)3-2-8-15/h4-7,9,15H,2-3,8H2,1H3. The van der Waals surface area contributed by atoms with Crippen LogP contribution in [0.2, 0.25) is 0 Å². The summed E-state index contributed by atoms with van der Waals surface area (Å²) in [7, 11) is 0. The van der Waals surface area contributed by atoms with Gasteiger partial charge >= 0.3 is 0 Å². The van der Waals surface area contributed by atoms with E-state index in [1.807, 2.05) is 12.4 Å². The minimum atomic E-state index is 0.260. The van der Waals surface area contributed by atoms with Gasteiger partial charge in [-0.15, -0.1) is 11.3 Å². The van der Waals surface area contributed by atoms with Crippen molar-refractivity contribution in [1.82, 2.24) is 4.98 Å². The lowest BCUT2D eigenvalue weighted by atomic mass is 10.1. The van der Waals surface area contributed by atoms with E-state index in [9.17, 15) is 0 Å². The Morgan fingerprint density at radius 2 is 2.00 bits per heavy atom. The number of aryl methyl sites for hydroxylation is 2. The van der Waals surface area contributed by atoms with Crippen molar-refractivity contribution in [1.29, 1.82) is 0 Å². The second kappa shape index (κ2) is 5.23. The fraction of sp³-hybridized carbons (Fsp3) is 0.308. The van der Waals surface area contributed by atoms with Crippen LogP contribution in [-0.4, -0.2) is 16.7 Å². The first-order valence-electron chi connectivity index (χ1n) is 5.41. The van der Waals surface area contributed by atoms with E-state index in [0.717, 1.165) is 18.5 Å². The molecule has 0 saturated heterocycles. The van der Waals surface area contributed by atoms with Crippen LogP contribution in [0.1, 0.15) is 17.7 Å². The Morgan fingerprint density at radius 3 is 2.56 bits per heavy atom. The number of aliphatic hydroxyl groups is 1. The molecule has 0 spiro atoms. The number of benzene rings is 1. The largest absolute Gasteiger partial charge is 0.396 e. The average Bonchev–Trinajstić information content (AvgIpc) is 2.74. The van der Waals surface area contributed by atoms with E-state index in [1.165, 1.54) is 16.0 Å². The van der Waals surface area contributed by atoms with Gasteiger partial charge in [-0.3, -0.25) is 0 Å². The number of hydrogen-bond donors (Lipinski definition) is 1. The lowest BCUT2D eigenvalue weighted by Crippen LogP contribution is -1.89. The molecule has 1 aromatic carbocycles. The van der Waals surface area contributed by atoms with E-state index < -0.39 is 0 Å². The highest BCUT2D eigenvalue weighted by molar-refractivity contribution is 7.13. The highest BCUT2D eigenvalue weighted by atomic mass is 32.1. The SMILES string of the molecule is Cc1ncsc1-c1ccc(CCCO)cc1. The normalized spacial score (nSPS) is 10.6. The summed E-state index contributed by atoms with van der Waals surface area (Å²) in [6, 6.07) is 8.52. The van der Waals surface area contributed by atoms with Crippen molar-refractivity contribution in [2.24, 2.45) is 0 Å². The zero-order chi connectivity index (χ0) is 11.4. The highest BCUT2D eigenvalue weighted by Gasteiger charge is 2.04. The summed E-state index contributed by atoms with van der Waals surface area (Å²) >= 11 is 1.68. The lowest BCUT2D eigenvalue weighted by Gasteiger charge is -2.02. The van der Waals surface area contributed by atoms with Gasteiger partial charge in [0.1, 0.15) is 0 Å². The molecular formula is C13H15NOS. The Hall–Kier alpha value is -1.19. The second-order valence-corrected chi connectivity index (χ2v) is 4.65. The minimum Gasteiger partial charge on any atom is -0.396 e. The minimum absolute atomic E-state index is 0.260. The molecule has 0 bridgehead atoms. The van der Waals surface area contributed by atoms with Gasteiger partial charge in [0.2, 0.25) is 0 Å². The fourth-order valence-electron chi connectivity index (χ4n) is 1.68. The summed E-state index contributed by atoms with van der Waals surface area (Å²) in [6.45, 7) is 2.29. The number of hydrogen-bond acceptors (Lipinski definition) is 3. The molecule has 0 fully saturated rings. The molecule has 2 aromatic rings. The maximum absolute atomic E-state index is 8.76. The predicted molar refractivity (Wildman–Crippen MR) is 67.7 cm³/mol. The predicted octanol–water partition coefficient (Wildman–Crippen LogP) is 3.04. The van der Waals surface area contributed by atoms with Crippen molar-refractivity contribution in [2.75, 3.05) is 6.61 Å². The molecule has 1 aromatic heterocycles. The number of thiazole rings is 1. The fourth-order valence-corrected chi connectivity index (χ4v) is 2.50. The second-order valence-electron chi connectivity index (χ2n) is 3.79. The van der Waals surface area contributed by atoms with Gasteiger partial charge in [-0.1, -0.05) is 24.3 Å². The third kappa shape index (κ3) is 2.49. The van der Waals surface area contributed by atoms with Crippen LogP contribution in [0.4, 0.5) is 0 Å². The average molecular weight is 233 g/mol. The van der Waals surface area contributed by atoms with Crippen LogP contribution in [0, 0.1) is 6.92 Å². The molecule has 0 saturated carbocycles. The van der Waals surface area contributed by atoms with Gasteiger partial charge in [-0.2, -0.15) is 0 Å². The van der Waals surface area contributed by atoms with Crippen LogP contribution in [-0.2, 0) is 6.42 Å². The Morgan fingerprint density at radius 1 is 1.25 bits per heavy atom. The molecule has 0 radical (unpaired) electrons. The van der Waals surface area contributed by atoms with E-state index in [1.54, 1.807) is 11.3 Å². The molecule has 0 aliphatic heterocycles. The number of aromatic nitrogens is 1. The van der Waals surface area contributed by atoms with Crippen LogP contribution in [0.15, 0.2) is 29.8 Å². The summed E-state index contributed by atoms with van der Waals surface area (Å²) in [5.41, 5.74) is 5.48. The van der Waals surface area contributed by atoms with Crippen LogP contribution in [0.5, 0.6) is 0 Å². The zero-order valence-corrected chi connectivity index (χ0v) is 10.1. The van der Waals surface area contributed by atoms with E-state index in [4.69, 9.17) is 5.11 Å². The molecular weight excluding hydrogens is 218 g/mol. The molecule has 0 aliphatic rings. The van der Waals surface area contributed by atoms with Gasteiger partial charge in [0.05, 0.1) is 16.1 Å². The van der Waals surface area contributed by atoms with Crippen molar-refractivity contribution >= 4 is 11.3 Å². The molecule has 0 amide bonds. The van der Waals surface area contributed by atoms with Crippen LogP contribution < -0.4 is 0 Å². The van der Waals surface area contributed by atoms with E-state index in [2.05, 4.69) is 29.2 Å². The summed E-state index contributed by atoms with van der Waals surface area (Å²) in [5.74, 6) is 0. The number of nitrogens with zero attached hydrogens (tertiary/aromatic N) is 1. The van der Waals surface area contributed by atoms with Crippen molar-refractivity contribution < 1.29 is 5.11 Å². The molecule has 2 rings (SSSR count). The molecule has 84 valence electrons. The van der Waals surface area contributed by atoms with Gasteiger partial charge in [-0.25, -0.2) is 4.98 Å². The van der Waals surface area contributed by atoms with Gasteiger partial charge in [0.25, 0.3) is 0 Å². The zero-order valence-electron chi connectivity index (χ0n) is 9.31. The van der Waals surface area contributed by atoms with E-state index in [-0.39, 0.29) is 6.61 Å². The number of aliphatic hydroxyl groups excluding tert-OH is 1. The third-order valence-electron chi connectivity index (χ3n) is 2.59. The van der Waals surface area contributed by atoms with Gasteiger partial charge < -0.3 is 5.11 Å². The number of rotatable bonds is 4. The van der Waals surface area contributed by atoms with Crippen molar-refractivity contribution in [2.45, 2.75) is 19.8 Å². The van der Waals surface area contributed by atoms with Crippen molar-refractivity contribution in [3.8, 4) is 10.4 Å². The lowest BCUT2D eigenvalue weighted by molar-refractivity contribution is 0.288. The Bertz CT molecular complexity index is 447. The van der Waals surface area contributed by atoms with Crippen molar-refractivity contribution in [3.63, 3.8) is 0 Å². The van der Waals surface area contributed by atoms with E-state index in [0.29, 0.717) is 0 Å². The quantitative estimate of drug-likeness (QED) is 0.880. The first-order valence-corrected chi connectivity index (χ1v) is 6.29. The highest BCUT2D eigenvalue weighted by Crippen LogP contribution is 2.27. The Kier molecular flexibility index (Phi) is 3.70. The molecule has 0 unspecified atom stereocenters. The monoisotopic (exact) mass is 233 g/mol. The first-order chi connectivity index (χ1) is 7.81. The topological polar surface area (TPSA) is 33.1 Å². The summed E-state index contributed by atoms with van der Waals surface area (Å²) < 4.78 is 0. The van der Waals surface area contributed by atoms with Crippen LogP contribution in [0.3, 0.4) is 0 Å². The van der Waals surface area contributed by atoms with Gasteiger partial charge in [-0.05, 0) is 30.9 Å². The Balaban J connectivity index is 2.16. The van der Waals surface area contributed by atoms with Gasteiger partial charge in [0, 0.05) is 6.61 Å². The maximum Gasteiger partial charge on any atom is 0.0801 e. The van der Waals surface area contributed by atoms with Crippen LogP contribution in [0.25, 0.3) is 10.4 Å². The third-order valence-corrected chi connectivity index (χ3v) is 3.56. The molecule has 1 heterocycles. The first kappa shape index (κ1) is 11.3. The molecule has 0 aliphatic carbocycles. The molecule has 16 heavy (non-hydrogen) atoms. The summed E-state index contributed by atoms with van der Waals surface area (Å²) in [5, 5.41) is 8.76. The summed E-state index contributed by atoms with van der Waals surface area (Å²) in [6.07, 6.45) is 1.78. The van der Waals surface area contributed by atoms with Crippen molar-refractivity contribution in [3.05, 3.63) is 41.0 Å². The molecule has 3 heteroatoms. The van der Waals surface area contributed by atoms with Gasteiger partial charge in [0.15, 0.2) is 0 Å². The maximum atomic E-state index is 8.76. The Labute approximate surface area is 99.6 Å². The summed E-state index contributed by atoms with van der Waals surface area (Å²) in [4.78, 5) is 5.49. The van der Waals surface area contributed by atoms with Crippen LogP contribution >= 0.6 is 11.3 Å².